The van der Waals surface area contributed by atoms with Crippen LogP contribution in [0.15, 0.2) is 0 Å². The van der Waals surface area contributed by atoms with Gasteiger partial charge < -0.3 is 15.7 Å². The van der Waals surface area contributed by atoms with E-state index in [-0.39, 0.29) is 11.8 Å². The molecule has 1 fully saturated rings. The Bertz CT molecular complexity index is 232. The first-order valence-electron chi connectivity index (χ1n) is 7.29. The Hall–Kier alpha value is -0.610. The number of piperidine rings is 1. The smallest absolute Gasteiger partial charge is 0.220 e. The largest absolute Gasteiger partial charge is 0.391 e. The molecule has 1 aliphatic heterocycles. The quantitative estimate of drug-likeness (QED) is 0.643. The van der Waals surface area contributed by atoms with Crippen LogP contribution in [-0.2, 0) is 4.79 Å². The summed E-state index contributed by atoms with van der Waals surface area (Å²) in [6.07, 6.45) is 4.46. The first-order chi connectivity index (χ1) is 8.63. The molecule has 0 aromatic heterocycles. The van der Waals surface area contributed by atoms with E-state index in [4.69, 9.17) is 0 Å². The summed E-state index contributed by atoms with van der Waals surface area (Å²) >= 11 is 0. The van der Waals surface area contributed by atoms with Crippen LogP contribution in [0.4, 0.5) is 0 Å². The number of aliphatic hydroxyl groups is 1. The predicted octanol–water partition coefficient (Wildman–Crippen LogP) is 1.29. The van der Waals surface area contributed by atoms with E-state index < -0.39 is 6.10 Å². The topological polar surface area (TPSA) is 61.4 Å². The normalized spacial score (nSPS) is 20.4. The molecular weight excluding hydrogens is 228 g/mol. The molecule has 1 saturated heterocycles. The fourth-order valence-electron chi connectivity index (χ4n) is 2.29. The number of carbonyl (C=O) groups excluding carboxylic acids is 1. The Labute approximate surface area is 111 Å². The van der Waals surface area contributed by atoms with Crippen molar-refractivity contribution >= 4 is 5.91 Å². The zero-order valence-corrected chi connectivity index (χ0v) is 11.7. The molecule has 0 aliphatic carbocycles. The summed E-state index contributed by atoms with van der Waals surface area (Å²) in [5, 5.41) is 15.9. The Balaban J connectivity index is 2.09. The van der Waals surface area contributed by atoms with E-state index in [2.05, 4.69) is 10.6 Å². The summed E-state index contributed by atoms with van der Waals surface area (Å²) in [6.45, 7) is 6.61. The summed E-state index contributed by atoms with van der Waals surface area (Å²) in [4.78, 5) is 11.7. The van der Waals surface area contributed by atoms with Gasteiger partial charge in [-0.2, -0.15) is 0 Å². The number of hydrogen-bond acceptors (Lipinski definition) is 3. The molecule has 1 amide bonds. The molecule has 0 radical (unpaired) electrons. The maximum atomic E-state index is 11.7. The van der Waals surface area contributed by atoms with Gasteiger partial charge in [-0.25, -0.2) is 0 Å². The number of amides is 1. The maximum Gasteiger partial charge on any atom is 0.220 e. The highest BCUT2D eigenvalue weighted by Gasteiger charge is 2.16. The molecule has 1 rings (SSSR count). The lowest BCUT2D eigenvalue weighted by atomic mass is 9.93. The van der Waals surface area contributed by atoms with Gasteiger partial charge in [0.2, 0.25) is 5.91 Å². The standard InChI is InChI=1S/C14H28N2O2/c1-3-11(2)13(17)10-16-14(18)5-4-12-6-8-15-9-7-12/h11-13,15,17H,3-10H2,1-2H3,(H,16,18). The molecule has 1 aliphatic rings. The van der Waals surface area contributed by atoms with Crippen molar-refractivity contribution in [1.82, 2.24) is 10.6 Å². The SMILES string of the molecule is CCC(C)C(O)CNC(=O)CCC1CCNCC1. The molecule has 0 spiro atoms. The van der Waals surface area contributed by atoms with Crippen molar-refractivity contribution in [2.24, 2.45) is 11.8 Å². The molecule has 3 N–H and O–H groups in total. The Morgan fingerprint density at radius 2 is 2.11 bits per heavy atom. The summed E-state index contributed by atoms with van der Waals surface area (Å²) in [7, 11) is 0. The van der Waals surface area contributed by atoms with Gasteiger partial charge >= 0.3 is 0 Å². The van der Waals surface area contributed by atoms with Crippen LogP contribution in [0.25, 0.3) is 0 Å². The monoisotopic (exact) mass is 256 g/mol. The summed E-state index contributed by atoms with van der Waals surface area (Å²) in [6, 6.07) is 0. The van der Waals surface area contributed by atoms with Crippen molar-refractivity contribution in [2.75, 3.05) is 19.6 Å². The van der Waals surface area contributed by atoms with Crippen molar-refractivity contribution in [2.45, 2.75) is 52.1 Å². The summed E-state index contributed by atoms with van der Waals surface area (Å²) in [5.74, 6) is 1.02. The fourth-order valence-corrected chi connectivity index (χ4v) is 2.29. The van der Waals surface area contributed by atoms with Crippen LogP contribution in [0.2, 0.25) is 0 Å². The third kappa shape index (κ3) is 5.83. The average Bonchev–Trinajstić information content (AvgIpc) is 2.42. The second-order valence-corrected chi connectivity index (χ2v) is 5.49. The number of carbonyl (C=O) groups is 1. The van der Waals surface area contributed by atoms with E-state index >= 15 is 0 Å². The van der Waals surface area contributed by atoms with Crippen molar-refractivity contribution in [1.29, 1.82) is 0 Å². The van der Waals surface area contributed by atoms with Crippen molar-refractivity contribution in [3.8, 4) is 0 Å². The zero-order valence-electron chi connectivity index (χ0n) is 11.7. The van der Waals surface area contributed by atoms with E-state index in [1.165, 1.54) is 12.8 Å². The summed E-state index contributed by atoms with van der Waals surface area (Å²) in [5.41, 5.74) is 0. The molecule has 18 heavy (non-hydrogen) atoms. The van der Waals surface area contributed by atoms with Crippen LogP contribution in [0.5, 0.6) is 0 Å². The molecule has 0 saturated carbocycles. The van der Waals surface area contributed by atoms with Crippen molar-refractivity contribution in [3.63, 3.8) is 0 Å². The first-order valence-corrected chi connectivity index (χ1v) is 7.29. The van der Waals surface area contributed by atoms with E-state index in [9.17, 15) is 9.90 Å². The third-order valence-corrected chi connectivity index (χ3v) is 4.05. The second kappa shape index (κ2) is 8.48. The minimum atomic E-state index is -0.419. The third-order valence-electron chi connectivity index (χ3n) is 4.05. The molecule has 0 aromatic carbocycles. The number of rotatable bonds is 7. The Kier molecular flexibility index (Phi) is 7.28. The Morgan fingerprint density at radius 1 is 1.44 bits per heavy atom. The highest BCUT2D eigenvalue weighted by atomic mass is 16.3. The van der Waals surface area contributed by atoms with Crippen LogP contribution < -0.4 is 10.6 Å². The number of hydrogen-bond donors (Lipinski definition) is 3. The number of nitrogens with one attached hydrogen (secondary N) is 2. The highest BCUT2D eigenvalue weighted by Crippen LogP contribution is 2.17. The molecule has 4 heteroatoms. The van der Waals surface area contributed by atoms with E-state index in [1.807, 2.05) is 13.8 Å². The average molecular weight is 256 g/mol. The van der Waals surface area contributed by atoms with Gasteiger partial charge in [0.05, 0.1) is 6.10 Å². The van der Waals surface area contributed by atoms with Gasteiger partial charge in [0.1, 0.15) is 0 Å². The lowest BCUT2D eigenvalue weighted by Crippen LogP contribution is -2.35. The first kappa shape index (κ1) is 15.4. The lowest BCUT2D eigenvalue weighted by molar-refractivity contribution is -0.122. The van der Waals surface area contributed by atoms with E-state index in [0.29, 0.717) is 18.9 Å². The van der Waals surface area contributed by atoms with Gasteiger partial charge in [0.25, 0.3) is 0 Å². The molecule has 4 nitrogen and oxygen atoms in total. The van der Waals surface area contributed by atoms with Crippen molar-refractivity contribution in [3.05, 3.63) is 0 Å². The molecular formula is C14H28N2O2. The minimum absolute atomic E-state index is 0.0795. The van der Waals surface area contributed by atoms with E-state index in [0.717, 1.165) is 25.9 Å². The Morgan fingerprint density at radius 3 is 2.72 bits per heavy atom. The van der Waals surface area contributed by atoms with Crippen LogP contribution in [0.1, 0.15) is 46.0 Å². The predicted molar refractivity (Wildman–Crippen MR) is 73.3 cm³/mol. The van der Waals surface area contributed by atoms with Gasteiger partial charge in [-0.1, -0.05) is 20.3 Å². The van der Waals surface area contributed by atoms with Gasteiger partial charge in [-0.05, 0) is 44.2 Å². The van der Waals surface area contributed by atoms with Crippen LogP contribution >= 0.6 is 0 Å². The zero-order chi connectivity index (χ0) is 13.4. The molecule has 0 bridgehead atoms. The van der Waals surface area contributed by atoms with Gasteiger partial charge in [0, 0.05) is 13.0 Å². The van der Waals surface area contributed by atoms with Gasteiger partial charge in [-0.15, -0.1) is 0 Å². The molecule has 2 atom stereocenters. The van der Waals surface area contributed by atoms with Gasteiger partial charge in [0.15, 0.2) is 0 Å². The minimum Gasteiger partial charge on any atom is -0.391 e. The molecule has 1 heterocycles. The van der Waals surface area contributed by atoms with Crippen molar-refractivity contribution < 1.29 is 9.90 Å². The van der Waals surface area contributed by atoms with E-state index in [1.54, 1.807) is 0 Å². The maximum absolute atomic E-state index is 11.7. The fraction of sp³-hybridized carbons (Fsp3) is 0.929. The highest BCUT2D eigenvalue weighted by molar-refractivity contribution is 5.75. The summed E-state index contributed by atoms with van der Waals surface area (Å²) < 4.78 is 0. The van der Waals surface area contributed by atoms with Crippen LogP contribution in [0.3, 0.4) is 0 Å². The van der Waals surface area contributed by atoms with Crippen LogP contribution in [-0.4, -0.2) is 36.8 Å². The van der Waals surface area contributed by atoms with Crippen LogP contribution in [0, 0.1) is 11.8 Å². The molecule has 0 aromatic rings. The molecule has 2 unspecified atom stereocenters. The van der Waals surface area contributed by atoms with Gasteiger partial charge in [-0.3, -0.25) is 4.79 Å². The number of aliphatic hydroxyl groups excluding tert-OH is 1. The molecule has 106 valence electrons. The lowest BCUT2D eigenvalue weighted by Gasteiger charge is -2.22. The second-order valence-electron chi connectivity index (χ2n) is 5.49.